The summed E-state index contributed by atoms with van der Waals surface area (Å²) in [6.07, 6.45) is 4.77. The number of benzene rings is 2. The molecule has 20 nitrogen and oxygen atoms in total. The number of hydrogen-bond acceptors (Lipinski definition) is 18. The molecule has 74 heavy (non-hydrogen) atoms. The Morgan fingerprint density at radius 3 is 1.20 bits per heavy atom. The molecule has 0 aliphatic heterocycles. The molecule has 0 bridgehead atoms. The number of hydrogen-bond donors (Lipinski definition) is 0. The van der Waals surface area contributed by atoms with E-state index in [0.717, 1.165) is 22.3 Å². The Bertz CT molecular complexity index is 3240. The van der Waals surface area contributed by atoms with E-state index >= 15 is 0 Å². The van der Waals surface area contributed by atoms with Gasteiger partial charge in [0.15, 0.2) is 54.6 Å². The Labute approximate surface area is 439 Å². The zero-order valence-electron chi connectivity index (χ0n) is 42.2. The summed E-state index contributed by atoms with van der Waals surface area (Å²) < 4.78 is 79.5. The number of pyridine rings is 2. The van der Waals surface area contributed by atoms with Crippen LogP contribution in [0.4, 0.5) is 0 Å². The van der Waals surface area contributed by atoms with Crippen molar-refractivity contribution in [3.8, 4) is 46.2 Å². The Morgan fingerprint density at radius 1 is 0.514 bits per heavy atom. The fourth-order valence-electron chi connectivity index (χ4n) is 7.75. The van der Waals surface area contributed by atoms with Gasteiger partial charge < -0.3 is 18.9 Å². The fourth-order valence-corrected chi connectivity index (χ4v) is 10.9. The lowest BCUT2D eigenvalue weighted by molar-refractivity contribution is 0.0947. The normalized spacial score (nSPS) is 13.4. The summed E-state index contributed by atoms with van der Waals surface area (Å²) in [4.78, 5) is 26.0. The van der Waals surface area contributed by atoms with Gasteiger partial charge in [0.05, 0.1) is 36.1 Å². The van der Waals surface area contributed by atoms with Crippen LogP contribution >= 0.6 is 23.2 Å². The van der Waals surface area contributed by atoms with Crippen molar-refractivity contribution < 1.29 is 35.8 Å². The maximum absolute atomic E-state index is 13.6. The van der Waals surface area contributed by atoms with E-state index in [2.05, 4.69) is 50.3 Å². The van der Waals surface area contributed by atoms with E-state index in [0.29, 0.717) is 56.2 Å². The van der Waals surface area contributed by atoms with Crippen LogP contribution in [0.5, 0.6) is 11.8 Å². The first-order valence-electron chi connectivity index (χ1n) is 22.8. The predicted molar refractivity (Wildman–Crippen MR) is 279 cm³/mol. The largest absolute Gasteiger partial charge is 0.481 e. The number of halogens is 2. The van der Waals surface area contributed by atoms with Gasteiger partial charge in [0.2, 0.25) is 11.8 Å². The molecule has 0 aliphatic rings. The molecular formula is C50H54Cl2N12O8S2. The molecule has 388 valence electrons. The molecule has 0 saturated carbocycles. The summed E-state index contributed by atoms with van der Waals surface area (Å²) in [6.45, 7) is 10.5. The van der Waals surface area contributed by atoms with Crippen molar-refractivity contribution in [2.24, 2.45) is 0 Å². The molecule has 0 aliphatic carbocycles. The second kappa shape index (κ2) is 23.6. The molecule has 4 atom stereocenters. The van der Waals surface area contributed by atoms with Gasteiger partial charge in [-0.3, -0.25) is 9.13 Å². The highest BCUT2D eigenvalue weighted by Crippen LogP contribution is 2.33. The van der Waals surface area contributed by atoms with Crippen molar-refractivity contribution in [2.45, 2.75) is 75.8 Å². The van der Waals surface area contributed by atoms with Crippen molar-refractivity contribution in [2.75, 3.05) is 28.4 Å². The lowest BCUT2D eigenvalue weighted by Crippen LogP contribution is -2.30. The van der Waals surface area contributed by atoms with Crippen LogP contribution in [0.1, 0.15) is 71.6 Å². The third kappa shape index (κ3) is 12.1. The number of rotatable bonds is 18. The molecule has 8 aromatic rings. The molecule has 0 saturated heterocycles. The van der Waals surface area contributed by atoms with Gasteiger partial charge in [-0.1, -0.05) is 47.5 Å². The van der Waals surface area contributed by atoms with Crippen LogP contribution in [-0.4, -0.2) is 115 Å². The average molecular weight is 1090 g/mol. The minimum atomic E-state index is -3.82. The van der Waals surface area contributed by atoms with Crippen LogP contribution in [0, 0.1) is 27.7 Å². The molecule has 0 amide bonds. The minimum Gasteiger partial charge on any atom is -0.481 e. The average Bonchev–Trinajstić information content (AvgIpc) is 4.00. The zero-order chi connectivity index (χ0) is 53.5. The van der Waals surface area contributed by atoms with Crippen LogP contribution in [0.15, 0.2) is 97.6 Å². The highest BCUT2D eigenvalue weighted by atomic mass is 35.5. The Balaban J connectivity index is 0.000000216. The molecule has 0 fully saturated rings. The number of sulfone groups is 2. The topological polar surface area (TPSA) is 244 Å². The second-order valence-electron chi connectivity index (χ2n) is 17.0. The third-order valence-electron chi connectivity index (χ3n) is 12.0. The van der Waals surface area contributed by atoms with Gasteiger partial charge >= 0.3 is 0 Å². The van der Waals surface area contributed by atoms with E-state index in [1.807, 2.05) is 39.8 Å². The maximum Gasteiger partial charge on any atom is 0.213 e. The standard InChI is InChI=1S/2C25H27ClN6O4S/c2*1-15-12-27-24(28-13-15)23(36-5)17(3)37(33,34)14-21-30-31-25(19-9-7-11-22(29-19)35-4)32(21)20-10-6-8-18(26)16(20)2/h2*6-13,17,23H,14H2,1-5H3/t2*17-,23-/m00/s1. The van der Waals surface area contributed by atoms with E-state index in [-0.39, 0.29) is 23.3 Å². The molecular weight excluding hydrogens is 1030 g/mol. The lowest BCUT2D eigenvalue weighted by atomic mass is 10.2. The molecule has 6 aromatic heterocycles. The second-order valence-corrected chi connectivity index (χ2v) is 22.6. The number of methoxy groups -OCH3 is 4. The summed E-state index contributed by atoms with van der Waals surface area (Å²) in [6, 6.07) is 21.2. The molecule has 8 rings (SSSR count). The first-order valence-corrected chi connectivity index (χ1v) is 27.0. The number of aryl methyl sites for hydroxylation is 2. The van der Waals surface area contributed by atoms with E-state index in [1.165, 1.54) is 28.4 Å². The zero-order valence-corrected chi connectivity index (χ0v) is 45.3. The maximum atomic E-state index is 13.6. The summed E-state index contributed by atoms with van der Waals surface area (Å²) >= 11 is 12.8. The SMILES string of the molecule is COc1cccc(-c2nnc(CS(=O)(=O)[C@@H](C)[C@H](OC)c3ncc(C)cn3)n2-c2cccc(Cl)c2C)n1.COc1cccc(-c2nnc(CS(=O)(=O)[C@@H](C)[C@H](OC)c3ncc(C)cn3)n2-c2cccc(Cl)c2C)n1. The first-order chi connectivity index (χ1) is 35.3. The van der Waals surface area contributed by atoms with Gasteiger partial charge in [-0.05, 0) is 100 Å². The van der Waals surface area contributed by atoms with Gasteiger partial charge in [0, 0.05) is 61.2 Å². The lowest BCUT2D eigenvalue weighted by Gasteiger charge is -2.22. The molecule has 6 heterocycles. The van der Waals surface area contributed by atoms with Crippen LogP contribution in [-0.2, 0) is 40.7 Å². The fraction of sp³-hybridized carbons (Fsp3) is 0.320. The van der Waals surface area contributed by atoms with Crippen LogP contribution in [0.25, 0.3) is 34.4 Å². The Kier molecular flexibility index (Phi) is 17.5. The number of nitrogens with zero attached hydrogens (tertiary/aromatic N) is 12. The highest BCUT2D eigenvalue weighted by molar-refractivity contribution is 7.91. The minimum absolute atomic E-state index is 0.205. The molecule has 2 aromatic carbocycles. The Morgan fingerprint density at radius 2 is 0.865 bits per heavy atom. The van der Waals surface area contributed by atoms with Crippen molar-refractivity contribution in [3.63, 3.8) is 0 Å². The smallest absolute Gasteiger partial charge is 0.213 e. The van der Waals surface area contributed by atoms with Gasteiger partial charge in [-0.2, -0.15) is 0 Å². The number of aromatic nitrogens is 12. The van der Waals surface area contributed by atoms with Crippen molar-refractivity contribution in [1.82, 2.24) is 59.4 Å². The van der Waals surface area contributed by atoms with E-state index < -0.39 is 53.9 Å². The first kappa shape index (κ1) is 54.9. The van der Waals surface area contributed by atoms with Gasteiger partial charge in [-0.15, -0.1) is 20.4 Å². The van der Waals surface area contributed by atoms with Crippen LogP contribution < -0.4 is 9.47 Å². The molecule has 0 N–H and O–H groups in total. The monoisotopic (exact) mass is 1080 g/mol. The predicted octanol–water partition coefficient (Wildman–Crippen LogP) is 8.18. The van der Waals surface area contributed by atoms with E-state index in [9.17, 15) is 16.8 Å². The summed E-state index contributed by atoms with van der Waals surface area (Å²) in [5, 5.41) is 16.3. The van der Waals surface area contributed by atoms with Crippen molar-refractivity contribution in [1.29, 1.82) is 0 Å². The van der Waals surface area contributed by atoms with Crippen LogP contribution in [0.2, 0.25) is 10.0 Å². The van der Waals surface area contributed by atoms with Gasteiger partial charge in [0.1, 0.15) is 35.1 Å². The number of ether oxygens (including phenoxy) is 4. The molecule has 0 unspecified atom stereocenters. The van der Waals surface area contributed by atoms with Crippen LogP contribution in [0.3, 0.4) is 0 Å². The quantitative estimate of drug-likeness (QED) is 0.0786. The molecule has 24 heteroatoms. The van der Waals surface area contributed by atoms with Crippen molar-refractivity contribution in [3.05, 3.63) is 153 Å². The summed E-state index contributed by atoms with van der Waals surface area (Å²) in [5.74, 6) is 1.64. The molecule has 0 spiro atoms. The molecule has 0 radical (unpaired) electrons. The summed E-state index contributed by atoms with van der Waals surface area (Å²) in [5.41, 5.74) is 5.40. The van der Waals surface area contributed by atoms with Gasteiger partial charge in [0.25, 0.3) is 0 Å². The van der Waals surface area contributed by atoms with E-state index in [1.54, 1.807) is 108 Å². The summed E-state index contributed by atoms with van der Waals surface area (Å²) in [7, 11) is -1.75. The van der Waals surface area contributed by atoms with E-state index in [4.69, 9.17) is 42.1 Å². The van der Waals surface area contributed by atoms with Gasteiger partial charge in [-0.25, -0.2) is 46.7 Å². The Hall–Kier alpha value is -6.82. The highest BCUT2D eigenvalue weighted by Gasteiger charge is 2.37. The third-order valence-corrected chi connectivity index (χ3v) is 16.9. The van der Waals surface area contributed by atoms with Crippen molar-refractivity contribution >= 4 is 42.9 Å².